The van der Waals surface area contributed by atoms with E-state index in [0.29, 0.717) is 19.4 Å². The number of rotatable bonds is 9. The molecule has 2 aromatic rings. The van der Waals surface area contributed by atoms with E-state index in [2.05, 4.69) is 34.9 Å². The lowest BCUT2D eigenvalue weighted by atomic mass is 9.81. The number of carbonyl (C=O) groups excluding carboxylic acids is 3. The highest BCUT2D eigenvalue weighted by atomic mass is 16.2. The van der Waals surface area contributed by atoms with Crippen molar-refractivity contribution >= 4 is 28.5 Å². The van der Waals surface area contributed by atoms with Crippen molar-refractivity contribution in [2.24, 2.45) is 11.5 Å². The Bertz CT molecular complexity index is 932. The molecule has 1 fully saturated rings. The van der Waals surface area contributed by atoms with Gasteiger partial charge >= 0.3 is 0 Å². The predicted octanol–water partition coefficient (Wildman–Crippen LogP) is 1.91. The number of primary amides is 1. The van der Waals surface area contributed by atoms with E-state index in [9.17, 15) is 14.4 Å². The number of hydrogen-bond donors (Lipinski definition) is 4. The molecule has 2 aromatic carbocycles. The number of hydrogen-bond acceptors (Lipinski definition) is 4. The molecule has 0 unspecified atom stereocenters. The summed E-state index contributed by atoms with van der Waals surface area (Å²) in [6.45, 7) is 0.432. The van der Waals surface area contributed by atoms with Crippen molar-refractivity contribution in [2.45, 2.75) is 62.9 Å². The Morgan fingerprint density at radius 2 is 1.71 bits per heavy atom. The molecule has 0 aliphatic heterocycles. The second-order valence-electron chi connectivity index (χ2n) is 8.45. The zero-order chi connectivity index (χ0) is 22.3. The first-order valence-corrected chi connectivity index (χ1v) is 11.0. The van der Waals surface area contributed by atoms with Gasteiger partial charge in [0, 0.05) is 6.54 Å². The van der Waals surface area contributed by atoms with Crippen LogP contribution in [-0.2, 0) is 20.8 Å². The fraction of sp³-hybridized carbons (Fsp3) is 0.458. The van der Waals surface area contributed by atoms with Crippen molar-refractivity contribution in [3.63, 3.8) is 0 Å². The normalized spacial score (nSPS) is 16.4. The smallest absolute Gasteiger partial charge is 0.243 e. The van der Waals surface area contributed by atoms with Gasteiger partial charge in [-0.1, -0.05) is 61.7 Å². The molecule has 1 atom stereocenters. The largest absolute Gasteiger partial charge is 0.370 e. The van der Waals surface area contributed by atoms with E-state index in [1.807, 2.05) is 18.2 Å². The van der Waals surface area contributed by atoms with Crippen LogP contribution in [0.25, 0.3) is 10.8 Å². The van der Waals surface area contributed by atoms with E-state index in [1.54, 1.807) is 0 Å². The molecule has 3 amide bonds. The summed E-state index contributed by atoms with van der Waals surface area (Å²) in [4.78, 5) is 36.8. The fourth-order valence-corrected chi connectivity index (χ4v) is 4.25. The van der Waals surface area contributed by atoms with Crippen LogP contribution in [0.5, 0.6) is 0 Å². The van der Waals surface area contributed by atoms with E-state index < -0.39 is 23.4 Å². The topological polar surface area (TPSA) is 127 Å². The van der Waals surface area contributed by atoms with Crippen LogP contribution in [0.2, 0.25) is 0 Å². The van der Waals surface area contributed by atoms with Gasteiger partial charge in [0.25, 0.3) is 0 Å². The first-order valence-electron chi connectivity index (χ1n) is 11.0. The van der Waals surface area contributed by atoms with Crippen LogP contribution in [0, 0.1) is 0 Å². The summed E-state index contributed by atoms with van der Waals surface area (Å²) >= 11 is 0. The Kier molecular flexibility index (Phi) is 7.63. The van der Waals surface area contributed by atoms with Crippen LogP contribution < -0.4 is 22.1 Å². The van der Waals surface area contributed by atoms with Crippen molar-refractivity contribution in [2.75, 3.05) is 6.54 Å². The maximum atomic E-state index is 12.7. The average molecular weight is 425 g/mol. The third-order valence-corrected chi connectivity index (χ3v) is 6.03. The van der Waals surface area contributed by atoms with E-state index in [-0.39, 0.29) is 12.3 Å². The molecule has 1 aliphatic rings. The van der Waals surface area contributed by atoms with E-state index in [1.165, 1.54) is 16.3 Å². The number of carbonyl (C=O) groups is 3. The molecule has 0 bridgehead atoms. The molecule has 166 valence electrons. The second kappa shape index (κ2) is 10.4. The Morgan fingerprint density at radius 3 is 2.45 bits per heavy atom. The first-order chi connectivity index (χ1) is 14.9. The van der Waals surface area contributed by atoms with Gasteiger partial charge < -0.3 is 22.1 Å². The molecule has 6 N–H and O–H groups in total. The van der Waals surface area contributed by atoms with Gasteiger partial charge in [-0.2, -0.15) is 0 Å². The first kappa shape index (κ1) is 22.7. The lowest BCUT2D eigenvalue weighted by molar-refractivity contribution is -0.134. The molecule has 0 aromatic heterocycles. The van der Waals surface area contributed by atoms with Crippen molar-refractivity contribution in [3.05, 3.63) is 48.0 Å². The average Bonchev–Trinajstić information content (AvgIpc) is 2.76. The number of amides is 3. The van der Waals surface area contributed by atoms with Gasteiger partial charge in [-0.25, -0.2) is 0 Å². The molecule has 0 radical (unpaired) electrons. The highest BCUT2D eigenvalue weighted by Crippen LogP contribution is 2.26. The minimum absolute atomic E-state index is 0.253. The van der Waals surface area contributed by atoms with E-state index in [4.69, 9.17) is 11.5 Å². The van der Waals surface area contributed by atoms with Gasteiger partial charge in [-0.3, -0.25) is 14.4 Å². The van der Waals surface area contributed by atoms with Gasteiger partial charge in [-0.05, 0) is 42.0 Å². The molecule has 1 aliphatic carbocycles. The summed E-state index contributed by atoms with van der Waals surface area (Å²) in [7, 11) is 0. The monoisotopic (exact) mass is 424 g/mol. The molecule has 31 heavy (non-hydrogen) atoms. The van der Waals surface area contributed by atoms with Crippen LogP contribution in [0.15, 0.2) is 42.5 Å². The van der Waals surface area contributed by atoms with Gasteiger partial charge in [0.05, 0.1) is 12.0 Å². The molecular weight excluding hydrogens is 392 g/mol. The Balaban J connectivity index is 1.54. The SMILES string of the molecule is NC(=O)C[C@H](NC(=O)C1(N)CCCCC1)C(=O)NCCCc1cccc2ccccc12. The highest BCUT2D eigenvalue weighted by molar-refractivity contribution is 5.94. The standard InChI is InChI=1S/C24H32N4O3/c25-21(29)16-20(28-23(31)24(26)13-4-1-5-14-24)22(30)27-15-7-11-18-10-6-9-17-8-2-3-12-19(17)18/h2-3,6,8-10,12,20H,1,4-5,7,11,13-16,26H2,(H2,25,29)(H,27,30)(H,28,31)/t20-/m0/s1. The number of aryl methyl sites for hydroxylation is 1. The van der Waals surface area contributed by atoms with Gasteiger partial charge in [0.2, 0.25) is 17.7 Å². The summed E-state index contributed by atoms with van der Waals surface area (Å²) in [5.74, 6) is -1.44. The molecule has 0 spiro atoms. The molecule has 0 heterocycles. The lowest BCUT2D eigenvalue weighted by Crippen LogP contribution is -2.60. The Morgan fingerprint density at radius 1 is 1.00 bits per heavy atom. The Hall–Kier alpha value is -2.93. The van der Waals surface area contributed by atoms with Crippen molar-refractivity contribution < 1.29 is 14.4 Å². The molecule has 3 rings (SSSR count). The third kappa shape index (κ3) is 6.04. The van der Waals surface area contributed by atoms with E-state index >= 15 is 0 Å². The quantitative estimate of drug-likeness (QED) is 0.459. The van der Waals surface area contributed by atoms with Crippen molar-refractivity contribution in [3.8, 4) is 0 Å². The summed E-state index contributed by atoms with van der Waals surface area (Å²) < 4.78 is 0. The van der Waals surface area contributed by atoms with Gasteiger partial charge in [0.15, 0.2) is 0 Å². The number of fused-ring (bicyclic) bond motifs is 1. The molecule has 1 saturated carbocycles. The van der Waals surface area contributed by atoms with Crippen molar-refractivity contribution in [1.29, 1.82) is 0 Å². The zero-order valence-corrected chi connectivity index (χ0v) is 17.9. The third-order valence-electron chi connectivity index (χ3n) is 6.03. The zero-order valence-electron chi connectivity index (χ0n) is 17.9. The predicted molar refractivity (Wildman–Crippen MR) is 121 cm³/mol. The second-order valence-corrected chi connectivity index (χ2v) is 8.45. The van der Waals surface area contributed by atoms with Crippen LogP contribution in [-0.4, -0.2) is 35.8 Å². The van der Waals surface area contributed by atoms with Crippen molar-refractivity contribution in [1.82, 2.24) is 10.6 Å². The summed E-state index contributed by atoms with van der Waals surface area (Å²) in [5, 5.41) is 7.88. The van der Waals surface area contributed by atoms with E-state index in [0.717, 1.165) is 32.1 Å². The van der Waals surface area contributed by atoms with Crippen LogP contribution in [0.1, 0.15) is 50.5 Å². The number of benzene rings is 2. The Labute approximate surface area is 182 Å². The maximum absolute atomic E-state index is 12.7. The lowest BCUT2D eigenvalue weighted by Gasteiger charge is -2.33. The maximum Gasteiger partial charge on any atom is 0.243 e. The minimum atomic E-state index is -1.01. The number of nitrogens with one attached hydrogen (secondary N) is 2. The summed E-state index contributed by atoms with van der Waals surface area (Å²) in [5.41, 5.74) is 11.8. The molecule has 0 saturated heterocycles. The highest BCUT2D eigenvalue weighted by Gasteiger charge is 2.37. The van der Waals surface area contributed by atoms with Crippen LogP contribution in [0.3, 0.4) is 0 Å². The minimum Gasteiger partial charge on any atom is -0.370 e. The molecule has 7 nitrogen and oxygen atoms in total. The van der Waals surface area contributed by atoms with Crippen LogP contribution in [0.4, 0.5) is 0 Å². The fourth-order valence-electron chi connectivity index (χ4n) is 4.25. The summed E-state index contributed by atoms with van der Waals surface area (Å²) in [6, 6.07) is 13.4. The molecular formula is C24H32N4O3. The van der Waals surface area contributed by atoms with Crippen LogP contribution >= 0.6 is 0 Å². The van der Waals surface area contributed by atoms with Gasteiger partial charge in [0.1, 0.15) is 6.04 Å². The number of nitrogens with two attached hydrogens (primary N) is 2. The van der Waals surface area contributed by atoms with Gasteiger partial charge in [-0.15, -0.1) is 0 Å². The summed E-state index contributed by atoms with van der Waals surface area (Å²) in [6.07, 6.45) is 5.25. The molecule has 7 heteroatoms.